The van der Waals surface area contributed by atoms with Crippen molar-refractivity contribution in [3.05, 3.63) is 29.8 Å². The summed E-state index contributed by atoms with van der Waals surface area (Å²) in [5.74, 6) is -0.680. The van der Waals surface area contributed by atoms with Crippen LogP contribution in [0.25, 0.3) is 0 Å². The maximum Gasteiger partial charge on any atom is 0.313 e. The van der Waals surface area contributed by atoms with Crippen molar-refractivity contribution in [2.75, 3.05) is 11.9 Å². The molecule has 0 saturated carbocycles. The summed E-state index contributed by atoms with van der Waals surface area (Å²) in [5.41, 5.74) is 1.72. The van der Waals surface area contributed by atoms with Gasteiger partial charge in [0.2, 0.25) is 0 Å². The Kier molecular flexibility index (Phi) is 6.06. The second-order valence-corrected chi connectivity index (χ2v) is 4.90. The number of aryl methyl sites for hydroxylation is 1. The van der Waals surface area contributed by atoms with E-state index in [0.29, 0.717) is 18.2 Å². The summed E-state index contributed by atoms with van der Waals surface area (Å²) in [6.45, 7) is 6.68. The molecule has 0 heterocycles. The number of carbonyl (C=O) groups is 2. The molecule has 19 heavy (non-hydrogen) atoms. The van der Waals surface area contributed by atoms with E-state index in [1.54, 1.807) is 6.07 Å². The van der Waals surface area contributed by atoms with Crippen molar-refractivity contribution in [3.63, 3.8) is 0 Å². The first-order valence-corrected chi connectivity index (χ1v) is 6.71. The molecule has 0 fully saturated rings. The maximum atomic E-state index is 11.7. The van der Waals surface area contributed by atoms with E-state index in [1.807, 2.05) is 25.1 Å². The zero-order valence-electron chi connectivity index (χ0n) is 11.8. The molecule has 0 aliphatic carbocycles. The van der Waals surface area contributed by atoms with Crippen LogP contribution in [0.2, 0.25) is 0 Å². The van der Waals surface area contributed by atoms with Crippen LogP contribution in [-0.4, -0.2) is 18.4 Å². The molecule has 0 radical (unpaired) electrons. The number of rotatable bonds is 5. The summed E-state index contributed by atoms with van der Waals surface area (Å²) >= 11 is 0. The third-order valence-electron chi connectivity index (χ3n) is 2.86. The molecule has 0 spiro atoms. The first-order valence-electron chi connectivity index (χ1n) is 6.71. The Morgan fingerprint density at radius 1 is 1.16 bits per heavy atom. The normalized spacial score (nSPS) is 10.3. The zero-order valence-corrected chi connectivity index (χ0v) is 11.8. The third kappa shape index (κ3) is 5.12. The lowest BCUT2D eigenvalue weighted by molar-refractivity contribution is -0.136. The predicted octanol–water partition coefficient (Wildman–Crippen LogP) is 2.35. The fourth-order valence-electron chi connectivity index (χ4n) is 1.68. The van der Waals surface area contributed by atoms with Crippen LogP contribution in [0.15, 0.2) is 24.3 Å². The first-order chi connectivity index (χ1) is 9.04. The van der Waals surface area contributed by atoms with Crippen molar-refractivity contribution in [2.45, 2.75) is 33.6 Å². The van der Waals surface area contributed by atoms with Crippen molar-refractivity contribution >= 4 is 17.5 Å². The third-order valence-corrected chi connectivity index (χ3v) is 2.86. The Hall–Kier alpha value is -1.84. The SMILES string of the molecule is CCc1ccccc1NC(=O)C(=O)NCCC(C)C. The summed E-state index contributed by atoms with van der Waals surface area (Å²) in [4.78, 5) is 23.3. The molecule has 0 aliphatic rings. The van der Waals surface area contributed by atoms with E-state index >= 15 is 0 Å². The Morgan fingerprint density at radius 2 is 1.84 bits per heavy atom. The predicted molar refractivity (Wildman–Crippen MR) is 76.9 cm³/mol. The molecule has 104 valence electrons. The van der Waals surface area contributed by atoms with Crippen LogP contribution in [0.4, 0.5) is 5.69 Å². The van der Waals surface area contributed by atoms with E-state index in [1.165, 1.54) is 0 Å². The lowest BCUT2D eigenvalue weighted by Crippen LogP contribution is -2.36. The minimum Gasteiger partial charge on any atom is -0.348 e. The summed E-state index contributed by atoms with van der Waals surface area (Å²) in [6.07, 6.45) is 1.68. The number of para-hydroxylation sites is 1. The molecule has 0 saturated heterocycles. The average molecular weight is 262 g/mol. The Bertz CT molecular complexity index is 442. The lowest BCUT2D eigenvalue weighted by Gasteiger charge is -2.10. The van der Waals surface area contributed by atoms with Crippen molar-refractivity contribution in [1.82, 2.24) is 5.32 Å². The smallest absolute Gasteiger partial charge is 0.313 e. The van der Waals surface area contributed by atoms with Crippen molar-refractivity contribution in [1.29, 1.82) is 0 Å². The van der Waals surface area contributed by atoms with Crippen LogP contribution >= 0.6 is 0 Å². The molecular weight excluding hydrogens is 240 g/mol. The molecular formula is C15H22N2O2. The molecule has 2 N–H and O–H groups in total. The highest BCUT2D eigenvalue weighted by Gasteiger charge is 2.14. The quantitative estimate of drug-likeness (QED) is 0.800. The largest absolute Gasteiger partial charge is 0.348 e. The van der Waals surface area contributed by atoms with Gasteiger partial charge in [0.05, 0.1) is 0 Å². The molecule has 2 amide bonds. The lowest BCUT2D eigenvalue weighted by atomic mass is 10.1. The van der Waals surface area contributed by atoms with Gasteiger partial charge in [0, 0.05) is 12.2 Å². The van der Waals surface area contributed by atoms with Gasteiger partial charge in [-0.2, -0.15) is 0 Å². The number of hydrogen-bond donors (Lipinski definition) is 2. The summed E-state index contributed by atoms with van der Waals surface area (Å²) < 4.78 is 0. The van der Waals surface area contributed by atoms with E-state index < -0.39 is 11.8 Å². The van der Waals surface area contributed by atoms with Crippen LogP contribution in [0.1, 0.15) is 32.8 Å². The number of nitrogens with one attached hydrogen (secondary N) is 2. The molecule has 1 aromatic carbocycles. The molecule has 1 rings (SSSR count). The van der Waals surface area contributed by atoms with Gasteiger partial charge in [-0.15, -0.1) is 0 Å². The van der Waals surface area contributed by atoms with Crippen LogP contribution in [0.3, 0.4) is 0 Å². The van der Waals surface area contributed by atoms with Crippen LogP contribution < -0.4 is 10.6 Å². The van der Waals surface area contributed by atoms with Crippen LogP contribution in [0, 0.1) is 5.92 Å². The molecule has 4 nitrogen and oxygen atoms in total. The van der Waals surface area contributed by atoms with Gasteiger partial charge in [-0.25, -0.2) is 0 Å². The second-order valence-electron chi connectivity index (χ2n) is 4.90. The topological polar surface area (TPSA) is 58.2 Å². The van der Waals surface area contributed by atoms with Crippen molar-refractivity contribution < 1.29 is 9.59 Å². The Balaban J connectivity index is 2.52. The van der Waals surface area contributed by atoms with Gasteiger partial charge in [-0.05, 0) is 30.4 Å². The monoisotopic (exact) mass is 262 g/mol. The number of amides is 2. The Labute approximate surface area is 114 Å². The van der Waals surface area contributed by atoms with Gasteiger partial charge < -0.3 is 10.6 Å². The molecule has 0 aliphatic heterocycles. The van der Waals surface area contributed by atoms with Gasteiger partial charge in [0.25, 0.3) is 0 Å². The highest BCUT2D eigenvalue weighted by atomic mass is 16.2. The van der Waals surface area contributed by atoms with Crippen LogP contribution in [-0.2, 0) is 16.0 Å². The minimum atomic E-state index is -0.607. The maximum absolute atomic E-state index is 11.7. The van der Waals surface area contributed by atoms with Crippen molar-refractivity contribution in [3.8, 4) is 0 Å². The van der Waals surface area contributed by atoms with E-state index in [0.717, 1.165) is 18.4 Å². The van der Waals surface area contributed by atoms with E-state index in [4.69, 9.17) is 0 Å². The van der Waals surface area contributed by atoms with Gasteiger partial charge in [-0.3, -0.25) is 9.59 Å². The van der Waals surface area contributed by atoms with E-state index in [2.05, 4.69) is 24.5 Å². The van der Waals surface area contributed by atoms with Crippen LogP contribution in [0.5, 0.6) is 0 Å². The summed E-state index contributed by atoms with van der Waals surface area (Å²) in [5, 5.41) is 5.27. The molecule has 0 aromatic heterocycles. The highest BCUT2D eigenvalue weighted by molar-refractivity contribution is 6.39. The van der Waals surface area contributed by atoms with Gasteiger partial charge in [-0.1, -0.05) is 39.0 Å². The summed E-state index contributed by atoms with van der Waals surface area (Å²) in [7, 11) is 0. The number of carbonyl (C=O) groups excluding carboxylic acids is 2. The summed E-state index contributed by atoms with van der Waals surface area (Å²) in [6, 6.07) is 7.49. The fourth-order valence-corrected chi connectivity index (χ4v) is 1.68. The van der Waals surface area contributed by atoms with E-state index in [-0.39, 0.29) is 0 Å². The molecule has 0 bridgehead atoms. The molecule has 0 atom stereocenters. The first kappa shape index (κ1) is 15.2. The average Bonchev–Trinajstić information content (AvgIpc) is 2.38. The van der Waals surface area contributed by atoms with Gasteiger partial charge >= 0.3 is 11.8 Å². The van der Waals surface area contributed by atoms with E-state index in [9.17, 15) is 9.59 Å². The molecule has 1 aromatic rings. The minimum absolute atomic E-state index is 0.504. The van der Waals surface area contributed by atoms with Crippen molar-refractivity contribution in [2.24, 2.45) is 5.92 Å². The number of benzene rings is 1. The van der Waals surface area contributed by atoms with Gasteiger partial charge in [0.1, 0.15) is 0 Å². The second kappa shape index (κ2) is 7.56. The molecule has 0 unspecified atom stereocenters. The number of anilines is 1. The number of hydrogen-bond acceptors (Lipinski definition) is 2. The molecule has 4 heteroatoms. The van der Waals surface area contributed by atoms with Gasteiger partial charge in [0.15, 0.2) is 0 Å². The Morgan fingerprint density at radius 3 is 2.47 bits per heavy atom. The standard InChI is InChI=1S/C15H22N2O2/c1-4-12-7-5-6-8-13(12)17-15(19)14(18)16-10-9-11(2)3/h5-8,11H,4,9-10H2,1-3H3,(H,16,18)(H,17,19). The highest BCUT2D eigenvalue weighted by Crippen LogP contribution is 2.15. The fraction of sp³-hybridized carbons (Fsp3) is 0.467. The zero-order chi connectivity index (χ0) is 14.3.